The molecule has 0 radical (unpaired) electrons. The Balaban J connectivity index is 2.91. The minimum absolute atomic E-state index is 0.147. The van der Waals surface area contributed by atoms with Crippen molar-refractivity contribution < 1.29 is 4.79 Å². The third kappa shape index (κ3) is 3.35. The molecule has 0 aromatic heterocycles. The van der Waals surface area contributed by atoms with Crippen molar-refractivity contribution in [2.45, 2.75) is 20.3 Å². The number of nitrogens with one attached hydrogen (secondary N) is 1. The van der Waals surface area contributed by atoms with Gasteiger partial charge in [0.2, 0.25) is 5.91 Å². The highest BCUT2D eigenvalue weighted by atomic mass is 35.5. The first kappa shape index (κ1) is 14.3. The van der Waals surface area contributed by atoms with Gasteiger partial charge in [0.05, 0.1) is 16.1 Å². The molecule has 3 nitrogen and oxygen atoms in total. The summed E-state index contributed by atoms with van der Waals surface area (Å²) in [5, 5.41) is 3.74. The Morgan fingerprint density at radius 1 is 1.47 bits per heavy atom. The van der Waals surface area contributed by atoms with Crippen LogP contribution in [0.5, 0.6) is 0 Å². The molecule has 1 amide bonds. The van der Waals surface area contributed by atoms with Gasteiger partial charge in [0.25, 0.3) is 0 Å². The Morgan fingerprint density at radius 3 is 2.65 bits per heavy atom. The summed E-state index contributed by atoms with van der Waals surface area (Å²) in [5.74, 6) is -0.147. The maximum atomic E-state index is 12.1. The van der Waals surface area contributed by atoms with Crippen LogP contribution in [0.25, 0.3) is 0 Å². The van der Waals surface area contributed by atoms with Gasteiger partial charge in [-0.05, 0) is 31.5 Å². The summed E-state index contributed by atoms with van der Waals surface area (Å²) >= 11 is 11.8. The fourth-order valence-corrected chi connectivity index (χ4v) is 1.60. The van der Waals surface area contributed by atoms with Gasteiger partial charge in [0.1, 0.15) is 0 Å². The quantitative estimate of drug-likeness (QED) is 0.885. The van der Waals surface area contributed by atoms with Crippen LogP contribution in [0.2, 0.25) is 10.0 Å². The van der Waals surface area contributed by atoms with Gasteiger partial charge in [-0.1, -0.05) is 30.1 Å². The van der Waals surface area contributed by atoms with Gasteiger partial charge in [-0.2, -0.15) is 0 Å². The fourth-order valence-electron chi connectivity index (χ4n) is 1.26. The van der Waals surface area contributed by atoms with Gasteiger partial charge in [-0.15, -0.1) is 0 Å². The van der Waals surface area contributed by atoms with Crippen LogP contribution in [0, 0.1) is 5.41 Å². The molecule has 0 saturated carbocycles. The monoisotopic (exact) mass is 274 g/mol. The van der Waals surface area contributed by atoms with Gasteiger partial charge < -0.3 is 11.1 Å². The lowest BCUT2D eigenvalue weighted by Crippen LogP contribution is -2.39. The van der Waals surface area contributed by atoms with Crippen LogP contribution < -0.4 is 11.1 Å². The molecule has 1 unspecified atom stereocenters. The summed E-state index contributed by atoms with van der Waals surface area (Å²) in [6, 6.07) is 4.93. The standard InChI is InChI=1S/C12H16Cl2N2O/c1-3-12(2,7-15)11(17)16-10-6-8(13)4-5-9(10)14/h4-6H,3,7,15H2,1-2H3,(H,16,17). The summed E-state index contributed by atoms with van der Waals surface area (Å²) in [6.07, 6.45) is 0.660. The Kier molecular flexibility index (Phi) is 4.80. The number of carbonyl (C=O) groups excluding carboxylic acids is 1. The van der Waals surface area contributed by atoms with Crippen LogP contribution >= 0.6 is 23.2 Å². The number of carbonyl (C=O) groups is 1. The second-order valence-corrected chi connectivity index (χ2v) is 5.04. The second-order valence-electron chi connectivity index (χ2n) is 4.20. The molecular formula is C12H16Cl2N2O. The minimum Gasteiger partial charge on any atom is -0.329 e. The van der Waals surface area contributed by atoms with Crippen molar-refractivity contribution >= 4 is 34.8 Å². The lowest BCUT2D eigenvalue weighted by atomic mass is 9.86. The van der Waals surface area contributed by atoms with E-state index in [0.717, 1.165) is 0 Å². The SMILES string of the molecule is CCC(C)(CN)C(=O)Nc1cc(Cl)ccc1Cl. The van der Waals surface area contributed by atoms with Crippen LogP contribution in [0.3, 0.4) is 0 Å². The van der Waals surface area contributed by atoms with Crippen molar-refractivity contribution in [3.05, 3.63) is 28.2 Å². The molecule has 0 saturated heterocycles. The Bertz CT molecular complexity index is 417. The third-order valence-corrected chi connectivity index (χ3v) is 3.52. The minimum atomic E-state index is -0.592. The summed E-state index contributed by atoms with van der Waals surface area (Å²) in [5.41, 5.74) is 5.54. The molecule has 0 spiro atoms. The number of anilines is 1. The average molecular weight is 275 g/mol. The molecule has 0 fully saturated rings. The maximum Gasteiger partial charge on any atom is 0.231 e. The average Bonchev–Trinajstić information content (AvgIpc) is 2.32. The van der Waals surface area contributed by atoms with E-state index in [2.05, 4.69) is 5.32 Å². The van der Waals surface area contributed by atoms with Crippen LogP contribution in [0.15, 0.2) is 18.2 Å². The number of nitrogens with two attached hydrogens (primary N) is 1. The first-order valence-corrected chi connectivity index (χ1v) is 6.15. The molecule has 0 bridgehead atoms. The van der Waals surface area contributed by atoms with Crippen molar-refractivity contribution in [3.8, 4) is 0 Å². The van der Waals surface area contributed by atoms with Gasteiger partial charge >= 0.3 is 0 Å². The zero-order chi connectivity index (χ0) is 13.1. The number of amides is 1. The van der Waals surface area contributed by atoms with Crippen molar-refractivity contribution in [1.82, 2.24) is 0 Å². The highest BCUT2D eigenvalue weighted by molar-refractivity contribution is 6.35. The first-order valence-electron chi connectivity index (χ1n) is 5.39. The molecular weight excluding hydrogens is 259 g/mol. The van der Waals surface area contributed by atoms with Gasteiger partial charge in [-0.25, -0.2) is 0 Å². The molecule has 17 heavy (non-hydrogen) atoms. The summed E-state index contributed by atoms with van der Waals surface area (Å²) in [7, 11) is 0. The maximum absolute atomic E-state index is 12.1. The lowest BCUT2D eigenvalue weighted by molar-refractivity contribution is -0.124. The molecule has 0 aliphatic heterocycles. The van der Waals surface area contributed by atoms with Gasteiger partial charge in [0.15, 0.2) is 0 Å². The predicted octanol–water partition coefficient (Wildman–Crippen LogP) is 3.31. The molecule has 0 aliphatic rings. The molecule has 1 aromatic carbocycles. The molecule has 1 rings (SSSR count). The van der Waals surface area contributed by atoms with E-state index < -0.39 is 5.41 Å². The third-order valence-electron chi connectivity index (χ3n) is 2.96. The van der Waals surface area contributed by atoms with E-state index in [1.54, 1.807) is 18.2 Å². The molecule has 0 heterocycles. The lowest BCUT2D eigenvalue weighted by Gasteiger charge is -2.25. The molecule has 1 aromatic rings. The van der Waals surface area contributed by atoms with Crippen molar-refractivity contribution in [3.63, 3.8) is 0 Å². The van der Waals surface area contributed by atoms with Crippen LogP contribution in [-0.2, 0) is 4.79 Å². The fraction of sp³-hybridized carbons (Fsp3) is 0.417. The molecule has 0 aliphatic carbocycles. The van der Waals surface area contributed by atoms with E-state index in [1.807, 2.05) is 13.8 Å². The largest absolute Gasteiger partial charge is 0.329 e. The molecule has 3 N–H and O–H groups in total. The van der Waals surface area contributed by atoms with E-state index >= 15 is 0 Å². The summed E-state index contributed by atoms with van der Waals surface area (Å²) in [6.45, 7) is 4.03. The first-order chi connectivity index (χ1) is 7.92. The van der Waals surface area contributed by atoms with Crippen molar-refractivity contribution in [2.75, 3.05) is 11.9 Å². The van der Waals surface area contributed by atoms with Gasteiger partial charge in [0, 0.05) is 11.6 Å². The molecule has 94 valence electrons. The number of halogens is 2. The second kappa shape index (κ2) is 5.71. The van der Waals surface area contributed by atoms with E-state index in [1.165, 1.54) is 0 Å². The Morgan fingerprint density at radius 2 is 2.12 bits per heavy atom. The number of hydrogen-bond acceptors (Lipinski definition) is 2. The zero-order valence-electron chi connectivity index (χ0n) is 9.89. The highest BCUT2D eigenvalue weighted by Gasteiger charge is 2.29. The summed E-state index contributed by atoms with van der Waals surface area (Å²) < 4.78 is 0. The Hall–Kier alpha value is -0.770. The smallest absolute Gasteiger partial charge is 0.231 e. The predicted molar refractivity (Wildman–Crippen MR) is 72.5 cm³/mol. The zero-order valence-corrected chi connectivity index (χ0v) is 11.4. The topological polar surface area (TPSA) is 55.1 Å². The number of rotatable bonds is 4. The van der Waals surface area contributed by atoms with Crippen LogP contribution in [0.4, 0.5) is 5.69 Å². The summed E-state index contributed by atoms with van der Waals surface area (Å²) in [4.78, 5) is 12.1. The normalized spacial score (nSPS) is 14.2. The Labute approximate surface area is 111 Å². The van der Waals surface area contributed by atoms with Crippen LogP contribution in [0.1, 0.15) is 20.3 Å². The van der Waals surface area contributed by atoms with Crippen molar-refractivity contribution in [1.29, 1.82) is 0 Å². The van der Waals surface area contributed by atoms with E-state index in [0.29, 0.717) is 22.2 Å². The number of benzene rings is 1. The molecule has 1 atom stereocenters. The molecule has 5 heteroatoms. The van der Waals surface area contributed by atoms with E-state index in [9.17, 15) is 4.79 Å². The van der Waals surface area contributed by atoms with E-state index in [-0.39, 0.29) is 12.5 Å². The van der Waals surface area contributed by atoms with E-state index in [4.69, 9.17) is 28.9 Å². The number of hydrogen-bond donors (Lipinski definition) is 2. The van der Waals surface area contributed by atoms with Crippen LogP contribution in [-0.4, -0.2) is 12.5 Å². The highest BCUT2D eigenvalue weighted by Crippen LogP contribution is 2.28. The van der Waals surface area contributed by atoms with Crippen molar-refractivity contribution in [2.24, 2.45) is 11.1 Å². The van der Waals surface area contributed by atoms with Gasteiger partial charge in [-0.3, -0.25) is 4.79 Å².